The number of hydrogen-bond donors (Lipinski definition) is 1. The summed E-state index contributed by atoms with van der Waals surface area (Å²) in [6, 6.07) is 7.60. The van der Waals surface area contributed by atoms with Gasteiger partial charge in [-0.3, -0.25) is 4.79 Å². The first kappa shape index (κ1) is 20.4. The predicted molar refractivity (Wildman–Crippen MR) is 93.7 cm³/mol. The molecule has 10 heteroatoms. The Morgan fingerprint density at radius 3 is 2.04 bits per heavy atom. The predicted octanol–water partition coefficient (Wildman–Crippen LogP) is 2.96. The molecule has 1 amide bonds. The number of anilines is 1. The summed E-state index contributed by atoms with van der Waals surface area (Å²) in [7, 11) is -0.766. The molecule has 0 fully saturated rings. The second kappa shape index (κ2) is 8.21. The minimum atomic E-state index is -4.89. The number of ether oxygens (including phenoxy) is 3. The van der Waals surface area contributed by atoms with Gasteiger partial charge in [-0.05, 0) is 24.3 Å². The normalized spacial score (nSPS) is 11.2. The molecule has 146 valence electrons. The van der Waals surface area contributed by atoms with Crippen molar-refractivity contribution in [3.05, 3.63) is 42.0 Å². The SMILES string of the molecule is COc1cc(C(=O)Nc2ccccc2S(=O)(=O)C(F)F)cc(OC)c1OC. The molecule has 0 atom stereocenters. The quantitative estimate of drug-likeness (QED) is 0.767. The zero-order valence-electron chi connectivity index (χ0n) is 14.7. The lowest BCUT2D eigenvalue weighted by atomic mass is 10.1. The maximum atomic E-state index is 12.9. The standard InChI is InChI=1S/C17H17F2NO6S/c1-24-12-8-10(9-13(25-2)15(12)26-3)16(21)20-11-6-4-5-7-14(11)27(22,23)17(18)19/h4-9,17H,1-3H3,(H,20,21). The number of carbonyl (C=O) groups excluding carboxylic acids is 1. The molecule has 2 aromatic carbocycles. The summed E-state index contributed by atoms with van der Waals surface area (Å²) in [5.74, 6) is -3.69. The molecule has 0 aliphatic rings. The van der Waals surface area contributed by atoms with Gasteiger partial charge in [0.1, 0.15) is 0 Å². The van der Waals surface area contributed by atoms with E-state index in [2.05, 4.69) is 5.32 Å². The minimum absolute atomic E-state index is 0.0498. The van der Waals surface area contributed by atoms with Gasteiger partial charge in [-0.25, -0.2) is 8.42 Å². The zero-order valence-corrected chi connectivity index (χ0v) is 15.5. The number of sulfone groups is 1. The van der Waals surface area contributed by atoms with Crippen LogP contribution < -0.4 is 19.5 Å². The molecule has 0 radical (unpaired) electrons. The number of carbonyl (C=O) groups is 1. The van der Waals surface area contributed by atoms with Gasteiger partial charge in [-0.2, -0.15) is 8.78 Å². The number of para-hydroxylation sites is 1. The van der Waals surface area contributed by atoms with Gasteiger partial charge in [0.05, 0.1) is 31.9 Å². The third-order valence-electron chi connectivity index (χ3n) is 3.60. The van der Waals surface area contributed by atoms with Gasteiger partial charge in [-0.1, -0.05) is 12.1 Å². The van der Waals surface area contributed by atoms with Gasteiger partial charge in [0.25, 0.3) is 5.91 Å². The molecule has 0 saturated heterocycles. The second-order valence-corrected chi connectivity index (χ2v) is 7.06. The highest BCUT2D eigenvalue weighted by atomic mass is 32.2. The molecule has 1 N–H and O–H groups in total. The van der Waals surface area contributed by atoms with Crippen molar-refractivity contribution < 1.29 is 36.2 Å². The third-order valence-corrected chi connectivity index (χ3v) is 5.04. The number of nitrogens with one attached hydrogen (secondary N) is 1. The van der Waals surface area contributed by atoms with Gasteiger partial charge >= 0.3 is 5.76 Å². The molecule has 2 rings (SSSR count). The first-order valence-corrected chi connectivity index (χ1v) is 9.03. The van der Waals surface area contributed by atoms with Crippen molar-refractivity contribution in [2.24, 2.45) is 0 Å². The van der Waals surface area contributed by atoms with E-state index in [4.69, 9.17) is 14.2 Å². The smallest absolute Gasteiger partial charge is 0.341 e. The molecule has 0 unspecified atom stereocenters. The number of halogens is 2. The number of alkyl halides is 2. The number of benzene rings is 2. The van der Waals surface area contributed by atoms with E-state index in [1.54, 1.807) is 0 Å². The first-order chi connectivity index (χ1) is 12.8. The lowest BCUT2D eigenvalue weighted by Gasteiger charge is -2.15. The average molecular weight is 401 g/mol. The Balaban J connectivity index is 2.45. The number of amides is 1. The molecular weight excluding hydrogens is 384 g/mol. The van der Waals surface area contributed by atoms with Crippen molar-refractivity contribution in [3.8, 4) is 17.2 Å². The highest BCUT2D eigenvalue weighted by Gasteiger charge is 2.29. The van der Waals surface area contributed by atoms with Crippen LogP contribution in [0.3, 0.4) is 0 Å². The summed E-state index contributed by atoms with van der Waals surface area (Å²) in [5.41, 5.74) is -0.217. The fraction of sp³-hybridized carbons (Fsp3) is 0.235. The Morgan fingerprint density at radius 1 is 1.00 bits per heavy atom. The van der Waals surface area contributed by atoms with E-state index in [1.807, 2.05) is 0 Å². The Bertz CT molecular complexity index is 921. The summed E-state index contributed by atoms with van der Waals surface area (Å²) < 4.78 is 64.8. The van der Waals surface area contributed by atoms with Crippen molar-refractivity contribution >= 4 is 21.4 Å². The first-order valence-electron chi connectivity index (χ1n) is 7.48. The average Bonchev–Trinajstić information content (AvgIpc) is 2.66. The van der Waals surface area contributed by atoms with Crippen LogP contribution in [0, 0.1) is 0 Å². The largest absolute Gasteiger partial charge is 0.493 e. The van der Waals surface area contributed by atoms with Gasteiger partial charge in [0.15, 0.2) is 11.5 Å². The van der Waals surface area contributed by atoms with E-state index < -0.39 is 26.4 Å². The van der Waals surface area contributed by atoms with Crippen LogP contribution in [-0.4, -0.2) is 41.4 Å². The monoisotopic (exact) mass is 401 g/mol. The van der Waals surface area contributed by atoms with E-state index >= 15 is 0 Å². The maximum absolute atomic E-state index is 12.9. The molecule has 0 saturated carbocycles. The van der Waals surface area contributed by atoms with Crippen molar-refractivity contribution in [2.45, 2.75) is 10.7 Å². The summed E-state index contributed by atoms with van der Waals surface area (Å²) >= 11 is 0. The van der Waals surface area contributed by atoms with E-state index in [0.717, 1.165) is 6.07 Å². The topological polar surface area (TPSA) is 90.9 Å². The summed E-state index contributed by atoms with van der Waals surface area (Å²) in [4.78, 5) is 11.9. The summed E-state index contributed by atoms with van der Waals surface area (Å²) in [6.07, 6.45) is 0. The van der Waals surface area contributed by atoms with E-state index in [-0.39, 0.29) is 28.5 Å². The van der Waals surface area contributed by atoms with Crippen LogP contribution in [0.4, 0.5) is 14.5 Å². The fourth-order valence-corrected chi connectivity index (χ4v) is 3.21. The molecule has 7 nitrogen and oxygen atoms in total. The fourth-order valence-electron chi connectivity index (χ4n) is 2.32. The Hall–Kier alpha value is -2.88. The van der Waals surface area contributed by atoms with Crippen molar-refractivity contribution in [3.63, 3.8) is 0 Å². The van der Waals surface area contributed by atoms with Gasteiger partial charge in [0.2, 0.25) is 15.6 Å². The molecule has 0 bridgehead atoms. The van der Waals surface area contributed by atoms with Crippen molar-refractivity contribution in [2.75, 3.05) is 26.6 Å². The Labute approximate surface area is 154 Å². The van der Waals surface area contributed by atoms with Crippen molar-refractivity contribution in [1.82, 2.24) is 0 Å². The van der Waals surface area contributed by atoms with Crippen LogP contribution >= 0.6 is 0 Å². The summed E-state index contributed by atoms with van der Waals surface area (Å²) in [5, 5.41) is 2.32. The van der Waals surface area contributed by atoms with Crippen LogP contribution in [0.15, 0.2) is 41.3 Å². The van der Waals surface area contributed by atoms with Crippen LogP contribution in [0.2, 0.25) is 0 Å². The third kappa shape index (κ3) is 4.11. The number of rotatable bonds is 7. The van der Waals surface area contributed by atoms with Crippen molar-refractivity contribution in [1.29, 1.82) is 0 Å². The van der Waals surface area contributed by atoms with E-state index in [1.165, 1.54) is 51.7 Å². The van der Waals surface area contributed by atoms with Crippen LogP contribution in [0.1, 0.15) is 10.4 Å². The molecule has 0 aliphatic carbocycles. The number of hydrogen-bond acceptors (Lipinski definition) is 6. The van der Waals surface area contributed by atoms with Crippen LogP contribution in [0.25, 0.3) is 0 Å². The van der Waals surface area contributed by atoms with Crippen LogP contribution in [-0.2, 0) is 9.84 Å². The minimum Gasteiger partial charge on any atom is -0.493 e. The molecule has 0 spiro atoms. The van der Waals surface area contributed by atoms with Gasteiger partial charge in [-0.15, -0.1) is 0 Å². The van der Waals surface area contributed by atoms with Gasteiger partial charge < -0.3 is 19.5 Å². The molecular formula is C17H17F2NO6S. The van der Waals surface area contributed by atoms with Crippen LogP contribution in [0.5, 0.6) is 17.2 Å². The molecule has 0 aromatic heterocycles. The van der Waals surface area contributed by atoms with E-state index in [9.17, 15) is 22.0 Å². The zero-order chi connectivity index (χ0) is 20.2. The highest BCUT2D eigenvalue weighted by molar-refractivity contribution is 7.91. The molecule has 0 heterocycles. The lowest BCUT2D eigenvalue weighted by molar-refractivity contribution is 0.102. The molecule has 2 aromatic rings. The molecule has 27 heavy (non-hydrogen) atoms. The lowest BCUT2D eigenvalue weighted by Crippen LogP contribution is -2.18. The highest BCUT2D eigenvalue weighted by Crippen LogP contribution is 2.38. The van der Waals surface area contributed by atoms with Gasteiger partial charge in [0, 0.05) is 5.56 Å². The summed E-state index contributed by atoms with van der Waals surface area (Å²) in [6.45, 7) is 0. The van der Waals surface area contributed by atoms with E-state index in [0.29, 0.717) is 0 Å². The Morgan fingerprint density at radius 2 is 1.56 bits per heavy atom. The Kier molecular flexibility index (Phi) is 6.21. The second-order valence-electron chi connectivity index (χ2n) is 5.17. The molecule has 0 aliphatic heterocycles. The maximum Gasteiger partial charge on any atom is 0.341 e. The number of methoxy groups -OCH3 is 3.